The van der Waals surface area contributed by atoms with Crippen molar-refractivity contribution in [3.05, 3.63) is 0 Å². The van der Waals surface area contributed by atoms with Gasteiger partial charge in [0.05, 0.1) is 13.2 Å². The minimum Gasteiger partial charge on any atom is -0.480 e. The zero-order valence-electron chi connectivity index (χ0n) is 11.0. The lowest BCUT2D eigenvalue weighted by atomic mass is 10.0. The van der Waals surface area contributed by atoms with Crippen molar-refractivity contribution in [2.24, 2.45) is 0 Å². The lowest BCUT2D eigenvalue weighted by Crippen LogP contribution is -2.56. The van der Waals surface area contributed by atoms with Crippen molar-refractivity contribution in [3.8, 4) is 0 Å². The molecule has 1 rings (SSSR count). The molecule has 0 aromatic rings. The van der Waals surface area contributed by atoms with Gasteiger partial charge in [0.2, 0.25) is 0 Å². The third kappa shape index (κ3) is 4.26. The Morgan fingerprint density at radius 3 is 2.53 bits per heavy atom. The normalized spacial score (nSPS) is 20.2. The van der Waals surface area contributed by atoms with E-state index in [-0.39, 0.29) is 5.54 Å². The van der Waals surface area contributed by atoms with Crippen molar-refractivity contribution in [1.29, 1.82) is 0 Å². The minimum atomic E-state index is -0.773. The van der Waals surface area contributed by atoms with E-state index < -0.39 is 12.0 Å². The quantitative estimate of drug-likeness (QED) is 0.714. The number of hydrogen-bond donors (Lipinski definition) is 2. The summed E-state index contributed by atoms with van der Waals surface area (Å²) in [6.07, 6.45) is 0.606. The van der Waals surface area contributed by atoms with E-state index in [2.05, 4.69) is 24.1 Å². The van der Waals surface area contributed by atoms with Gasteiger partial charge >= 0.3 is 5.97 Å². The van der Waals surface area contributed by atoms with Gasteiger partial charge in [0.1, 0.15) is 6.04 Å². The summed E-state index contributed by atoms with van der Waals surface area (Å²) in [6.45, 7) is 10.2. The van der Waals surface area contributed by atoms with E-state index in [1.807, 2.05) is 6.92 Å². The van der Waals surface area contributed by atoms with Crippen LogP contribution in [0.15, 0.2) is 0 Å². The van der Waals surface area contributed by atoms with Crippen LogP contribution in [0, 0.1) is 0 Å². The summed E-state index contributed by atoms with van der Waals surface area (Å²) >= 11 is 0. The van der Waals surface area contributed by atoms with Gasteiger partial charge in [-0.05, 0) is 20.3 Å². The fourth-order valence-electron chi connectivity index (χ4n) is 2.06. The van der Waals surface area contributed by atoms with Crippen molar-refractivity contribution in [2.75, 3.05) is 32.8 Å². The Kier molecular flexibility index (Phi) is 5.36. The Hall–Kier alpha value is -0.650. The molecule has 100 valence electrons. The molecule has 0 radical (unpaired) electrons. The van der Waals surface area contributed by atoms with E-state index >= 15 is 0 Å². The van der Waals surface area contributed by atoms with Crippen LogP contribution in [-0.4, -0.2) is 60.4 Å². The van der Waals surface area contributed by atoms with Crippen LogP contribution in [0.3, 0.4) is 0 Å². The number of carbonyl (C=O) groups is 1. The summed E-state index contributed by atoms with van der Waals surface area (Å²) in [5, 5.41) is 12.1. The van der Waals surface area contributed by atoms with Gasteiger partial charge in [-0.15, -0.1) is 0 Å². The van der Waals surface area contributed by atoms with Gasteiger partial charge in [0.15, 0.2) is 0 Å². The Morgan fingerprint density at radius 2 is 2.06 bits per heavy atom. The molecule has 1 aliphatic rings. The fraction of sp³-hybridized carbons (Fsp3) is 0.917. The van der Waals surface area contributed by atoms with Crippen molar-refractivity contribution in [1.82, 2.24) is 10.2 Å². The van der Waals surface area contributed by atoms with Crippen molar-refractivity contribution < 1.29 is 14.6 Å². The number of nitrogens with zero attached hydrogens (tertiary/aromatic N) is 1. The molecule has 1 atom stereocenters. The average molecular weight is 244 g/mol. The zero-order valence-corrected chi connectivity index (χ0v) is 11.0. The third-order valence-electron chi connectivity index (χ3n) is 3.35. The van der Waals surface area contributed by atoms with Gasteiger partial charge in [-0.25, -0.2) is 0 Å². The fourth-order valence-corrected chi connectivity index (χ4v) is 2.06. The maximum absolute atomic E-state index is 10.9. The predicted molar refractivity (Wildman–Crippen MR) is 66.2 cm³/mol. The topological polar surface area (TPSA) is 61.8 Å². The first-order valence-electron chi connectivity index (χ1n) is 6.26. The van der Waals surface area contributed by atoms with Gasteiger partial charge in [-0.2, -0.15) is 0 Å². The first-order chi connectivity index (χ1) is 7.97. The second-order valence-electron chi connectivity index (χ2n) is 5.09. The van der Waals surface area contributed by atoms with Gasteiger partial charge in [-0.3, -0.25) is 9.69 Å². The highest BCUT2D eigenvalue weighted by Crippen LogP contribution is 2.15. The maximum Gasteiger partial charge on any atom is 0.320 e. The van der Waals surface area contributed by atoms with E-state index in [1.165, 1.54) is 0 Å². The van der Waals surface area contributed by atoms with Crippen LogP contribution >= 0.6 is 0 Å². The molecule has 0 saturated carbocycles. The van der Waals surface area contributed by atoms with Crippen LogP contribution in [0.1, 0.15) is 27.2 Å². The van der Waals surface area contributed by atoms with Crippen LogP contribution in [-0.2, 0) is 9.53 Å². The molecule has 5 heteroatoms. The summed E-state index contributed by atoms with van der Waals surface area (Å²) in [4.78, 5) is 13.3. The van der Waals surface area contributed by atoms with E-state index in [0.29, 0.717) is 13.0 Å². The molecule has 0 spiro atoms. The molecule has 0 bridgehead atoms. The summed E-state index contributed by atoms with van der Waals surface area (Å²) in [6, 6.07) is -0.449. The molecule has 0 aromatic heterocycles. The molecule has 17 heavy (non-hydrogen) atoms. The largest absolute Gasteiger partial charge is 0.480 e. The van der Waals surface area contributed by atoms with Crippen LogP contribution in [0.2, 0.25) is 0 Å². The highest BCUT2D eigenvalue weighted by atomic mass is 16.5. The Morgan fingerprint density at radius 1 is 1.47 bits per heavy atom. The monoisotopic (exact) mass is 244 g/mol. The van der Waals surface area contributed by atoms with Gasteiger partial charge < -0.3 is 15.2 Å². The first kappa shape index (κ1) is 14.4. The lowest BCUT2D eigenvalue weighted by Gasteiger charge is -2.41. The van der Waals surface area contributed by atoms with Crippen molar-refractivity contribution >= 4 is 5.97 Å². The van der Waals surface area contributed by atoms with E-state index in [1.54, 1.807) is 0 Å². The molecular formula is C12H24N2O3. The second-order valence-corrected chi connectivity index (χ2v) is 5.09. The summed E-state index contributed by atoms with van der Waals surface area (Å²) in [7, 11) is 0. The summed E-state index contributed by atoms with van der Waals surface area (Å²) in [5.41, 5.74) is -0.0351. The van der Waals surface area contributed by atoms with Gasteiger partial charge in [0.25, 0.3) is 0 Å². The number of aliphatic carboxylic acids is 1. The molecular weight excluding hydrogens is 220 g/mol. The second kappa shape index (κ2) is 6.33. The Labute approximate surface area is 103 Å². The van der Waals surface area contributed by atoms with E-state index in [9.17, 15) is 4.79 Å². The highest BCUT2D eigenvalue weighted by Gasteiger charge is 2.29. The number of carboxylic acid groups (broad SMARTS) is 1. The first-order valence-corrected chi connectivity index (χ1v) is 6.26. The number of morpholine rings is 1. The van der Waals surface area contributed by atoms with Crippen molar-refractivity contribution in [2.45, 2.75) is 38.8 Å². The Bertz CT molecular complexity index is 250. The molecule has 0 amide bonds. The smallest absolute Gasteiger partial charge is 0.320 e. The van der Waals surface area contributed by atoms with E-state index in [0.717, 1.165) is 26.3 Å². The number of carboxylic acids is 1. The molecule has 5 nitrogen and oxygen atoms in total. The van der Waals surface area contributed by atoms with Crippen LogP contribution in [0.4, 0.5) is 0 Å². The molecule has 2 N–H and O–H groups in total. The summed E-state index contributed by atoms with van der Waals surface area (Å²) in [5.74, 6) is -0.773. The third-order valence-corrected chi connectivity index (χ3v) is 3.35. The van der Waals surface area contributed by atoms with Crippen molar-refractivity contribution in [3.63, 3.8) is 0 Å². The SMILES string of the molecule is CCC(NCC(C)(C)N1CCOCC1)C(=O)O. The summed E-state index contributed by atoms with van der Waals surface area (Å²) < 4.78 is 5.32. The van der Waals surface area contributed by atoms with Gasteiger partial charge in [-0.1, -0.05) is 6.92 Å². The molecule has 0 aromatic carbocycles. The van der Waals surface area contributed by atoms with Gasteiger partial charge in [0, 0.05) is 25.2 Å². The number of ether oxygens (including phenoxy) is 1. The lowest BCUT2D eigenvalue weighted by molar-refractivity contribution is -0.139. The minimum absolute atomic E-state index is 0.0351. The van der Waals surface area contributed by atoms with E-state index in [4.69, 9.17) is 9.84 Å². The average Bonchev–Trinajstić information content (AvgIpc) is 2.30. The van der Waals surface area contributed by atoms with Crippen LogP contribution < -0.4 is 5.32 Å². The molecule has 1 unspecified atom stereocenters. The molecule has 1 saturated heterocycles. The molecule has 1 fully saturated rings. The molecule has 0 aliphatic carbocycles. The Balaban J connectivity index is 2.44. The molecule has 1 heterocycles. The zero-order chi connectivity index (χ0) is 12.9. The number of hydrogen-bond acceptors (Lipinski definition) is 4. The standard InChI is InChI=1S/C12H24N2O3/c1-4-10(11(15)16)13-9-12(2,3)14-5-7-17-8-6-14/h10,13H,4-9H2,1-3H3,(H,15,16). The number of rotatable bonds is 6. The molecule has 1 aliphatic heterocycles. The maximum atomic E-state index is 10.9. The highest BCUT2D eigenvalue weighted by molar-refractivity contribution is 5.73. The van der Waals surface area contributed by atoms with Crippen LogP contribution in [0.5, 0.6) is 0 Å². The predicted octanol–water partition coefficient (Wildman–Crippen LogP) is 0.550. The number of nitrogens with one attached hydrogen (secondary N) is 1. The van der Waals surface area contributed by atoms with Crippen LogP contribution in [0.25, 0.3) is 0 Å².